The highest BCUT2D eigenvalue weighted by atomic mass is 32.2. The summed E-state index contributed by atoms with van der Waals surface area (Å²) in [7, 11) is -3.18. The van der Waals surface area contributed by atoms with Gasteiger partial charge in [0.2, 0.25) is 5.91 Å². The first-order chi connectivity index (χ1) is 9.54. The van der Waals surface area contributed by atoms with Crippen LogP contribution >= 0.6 is 0 Å². The molecule has 0 aliphatic heterocycles. The van der Waals surface area contributed by atoms with Gasteiger partial charge in [0.05, 0.1) is 10.5 Å². The van der Waals surface area contributed by atoms with E-state index in [1.807, 2.05) is 6.92 Å². The maximum absolute atomic E-state index is 11.9. The van der Waals surface area contributed by atoms with E-state index in [0.29, 0.717) is 17.8 Å². The molecule has 0 saturated carbocycles. The van der Waals surface area contributed by atoms with Gasteiger partial charge in [0.15, 0.2) is 9.84 Å². The van der Waals surface area contributed by atoms with Crippen molar-refractivity contribution in [3.05, 3.63) is 23.8 Å². The Balaban J connectivity index is 2.55. The van der Waals surface area contributed by atoms with Gasteiger partial charge in [0.1, 0.15) is 0 Å². The Morgan fingerprint density at radius 3 is 2.48 bits per heavy atom. The number of hydrogen-bond donors (Lipinski definition) is 2. The third-order valence-electron chi connectivity index (χ3n) is 3.40. The fourth-order valence-corrected chi connectivity index (χ4v) is 2.87. The highest BCUT2D eigenvalue weighted by Crippen LogP contribution is 2.21. The largest absolute Gasteiger partial charge is 0.398 e. The van der Waals surface area contributed by atoms with Crippen LogP contribution in [-0.2, 0) is 14.6 Å². The van der Waals surface area contributed by atoms with E-state index < -0.39 is 14.6 Å². The fourth-order valence-electron chi connectivity index (χ4n) is 1.73. The Hall–Kier alpha value is -1.56. The van der Waals surface area contributed by atoms with Crippen molar-refractivity contribution in [2.75, 3.05) is 16.8 Å². The average Bonchev–Trinajstić information content (AvgIpc) is 2.33. The van der Waals surface area contributed by atoms with Crippen molar-refractivity contribution >= 4 is 27.1 Å². The van der Waals surface area contributed by atoms with Gasteiger partial charge >= 0.3 is 0 Å². The van der Waals surface area contributed by atoms with Crippen LogP contribution in [-0.4, -0.2) is 24.8 Å². The van der Waals surface area contributed by atoms with Crippen molar-refractivity contribution in [1.29, 1.82) is 0 Å². The average molecular weight is 312 g/mol. The van der Waals surface area contributed by atoms with E-state index in [1.165, 1.54) is 0 Å². The second kappa shape index (κ2) is 6.47. The molecule has 0 aliphatic rings. The third-order valence-corrected chi connectivity index (χ3v) is 6.09. The van der Waals surface area contributed by atoms with Crippen LogP contribution in [0.5, 0.6) is 0 Å². The van der Waals surface area contributed by atoms with Crippen LogP contribution in [0, 0.1) is 6.92 Å². The SMILES string of the molecule is Cc1c(N)cccc1NC(=O)CCCS(=O)(=O)C(C)(C)C. The molecule has 5 nitrogen and oxygen atoms in total. The number of benzene rings is 1. The summed E-state index contributed by atoms with van der Waals surface area (Å²) in [6, 6.07) is 5.30. The second-order valence-corrected chi connectivity index (χ2v) is 8.97. The summed E-state index contributed by atoms with van der Waals surface area (Å²) in [4.78, 5) is 11.9. The lowest BCUT2D eigenvalue weighted by atomic mass is 10.1. The number of amides is 1. The van der Waals surface area contributed by atoms with Gasteiger partial charge in [-0.25, -0.2) is 8.42 Å². The zero-order valence-electron chi connectivity index (χ0n) is 13.1. The standard InChI is InChI=1S/C15H24N2O3S/c1-11-12(16)7-5-8-13(11)17-14(18)9-6-10-21(19,20)15(2,3)4/h5,7-8H,6,9-10,16H2,1-4H3,(H,17,18). The lowest BCUT2D eigenvalue weighted by Crippen LogP contribution is -2.30. The Labute approximate surface area is 126 Å². The molecule has 1 amide bonds. The van der Waals surface area contributed by atoms with Crippen LogP contribution in [0.2, 0.25) is 0 Å². The number of nitrogen functional groups attached to an aromatic ring is 1. The normalized spacial score (nSPS) is 12.2. The van der Waals surface area contributed by atoms with Crippen LogP contribution in [0.15, 0.2) is 18.2 Å². The van der Waals surface area contributed by atoms with Crippen LogP contribution in [0.1, 0.15) is 39.2 Å². The van der Waals surface area contributed by atoms with Crippen molar-refractivity contribution in [3.8, 4) is 0 Å². The number of hydrogen-bond acceptors (Lipinski definition) is 4. The van der Waals surface area contributed by atoms with Crippen molar-refractivity contribution in [2.24, 2.45) is 0 Å². The number of nitrogens with one attached hydrogen (secondary N) is 1. The molecular weight excluding hydrogens is 288 g/mol. The van der Waals surface area contributed by atoms with Crippen LogP contribution in [0.4, 0.5) is 11.4 Å². The first kappa shape index (κ1) is 17.5. The fraction of sp³-hybridized carbons (Fsp3) is 0.533. The Morgan fingerprint density at radius 1 is 1.29 bits per heavy atom. The molecule has 0 aliphatic carbocycles. The molecule has 1 aromatic carbocycles. The molecule has 1 aromatic rings. The molecule has 118 valence electrons. The molecule has 0 aromatic heterocycles. The minimum atomic E-state index is -3.18. The number of rotatable bonds is 5. The third kappa shape index (κ3) is 4.74. The molecule has 0 bridgehead atoms. The minimum absolute atomic E-state index is 0.0137. The minimum Gasteiger partial charge on any atom is -0.398 e. The van der Waals surface area contributed by atoms with Crippen LogP contribution in [0.3, 0.4) is 0 Å². The summed E-state index contributed by atoms with van der Waals surface area (Å²) in [5, 5.41) is 2.76. The molecule has 6 heteroatoms. The van der Waals surface area contributed by atoms with Crippen molar-refractivity contribution in [3.63, 3.8) is 0 Å². The molecule has 0 unspecified atom stereocenters. The highest BCUT2D eigenvalue weighted by Gasteiger charge is 2.28. The zero-order valence-corrected chi connectivity index (χ0v) is 13.9. The van der Waals surface area contributed by atoms with Crippen LogP contribution < -0.4 is 11.1 Å². The zero-order chi connectivity index (χ0) is 16.3. The molecule has 0 atom stereocenters. The highest BCUT2D eigenvalue weighted by molar-refractivity contribution is 7.92. The Kier molecular flexibility index (Phi) is 5.39. The summed E-state index contributed by atoms with van der Waals surface area (Å²) in [5.74, 6) is -0.187. The predicted molar refractivity (Wildman–Crippen MR) is 87.0 cm³/mol. The monoisotopic (exact) mass is 312 g/mol. The maximum Gasteiger partial charge on any atom is 0.224 e. The smallest absolute Gasteiger partial charge is 0.224 e. The second-order valence-electron chi connectivity index (χ2n) is 6.10. The van der Waals surface area contributed by atoms with Gasteiger partial charge in [-0.2, -0.15) is 0 Å². The summed E-state index contributed by atoms with van der Waals surface area (Å²) in [6.45, 7) is 6.82. The van der Waals surface area contributed by atoms with Gasteiger partial charge in [-0.15, -0.1) is 0 Å². The van der Waals surface area contributed by atoms with E-state index >= 15 is 0 Å². The van der Waals surface area contributed by atoms with E-state index in [0.717, 1.165) is 5.56 Å². The molecule has 0 saturated heterocycles. The van der Waals surface area contributed by atoms with Crippen molar-refractivity contribution in [1.82, 2.24) is 0 Å². The van der Waals surface area contributed by atoms with Gasteiger partial charge in [0, 0.05) is 17.8 Å². The molecule has 0 heterocycles. The Bertz CT molecular complexity index is 616. The predicted octanol–water partition coefficient (Wildman–Crippen LogP) is 2.51. The number of carbonyl (C=O) groups excluding carboxylic acids is 1. The summed E-state index contributed by atoms with van der Waals surface area (Å²) in [5.41, 5.74) is 7.86. The quantitative estimate of drug-likeness (QED) is 0.818. The van der Waals surface area contributed by atoms with Crippen molar-refractivity contribution in [2.45, 2.75) is 45.3 Å². The molecule has 0 radical (unpaired) electrons. The lowest BCUT2D eigenvalue weighted by Gasteiger charge is -2.18. The molecule has 3 N–H and O–H groups in total. The number of nitrogens with two attached hydrogens (primary N) is 1. The molecule has 1 rings (SSSR count). The molecule has 21 heavy (non-hydrogen) atoms. The lowest BCUT2D eigenvalue weighted by molar-refractivity contribution is -0.116. The maximum atomic E-state index is 11.9. The van der Waals surface area contributed by atoms with E-state index in [2.05, 4.69) is 5.32 Å². The Morgan fingerprint density at radius 2 is 1.90 bits per heavy atom. The topological polar surface area (TPSA) is 89.3 Å². The van der Waals surface area contributed by atoms with E-state index in [1.54, 1.807) is 39.0 Å². The first-order valence-electron chi connectivity index (χ1n) is 6.92. The summed E-state index contributed by atoms with van der Waals surface area (Å²) < 4.78 is 23.1. The van der Waals surface area contributed by atoms with E-state index in [4.69, 9.17) is 5.73 Å². The number of carbonyl (C=O) groups is 1. The van der Waals surface area contributed by atoms with Crippen LogP contribution in [0.25, 0.3) is 0 Å². The number of sulfone groups is 1. The van der Waals surface area contributed by atoms with E-state index in [-0.39, 0.29) is 18.1 Å². The first-order valence-corrected chi connectivity index (χ1v) is 8.57. The molecular formula is C15H24N2O3S. The molecule has 0 fully saturated rings. The van der Waals surface area contributed by atoms with Gasteiger partial charge in [0.25, 0.3) is 0 Å². The van der Waals surface area contributed by atoms with Gasteiger partial charge in [-0.05, 0) is 51.8 Å². The van der Waals surface area contributed by atoms with Gasteiger partial charge in [-0.3, -0.25) is 4.79 Å². The van der Waals surface area contributed by atoms with Crippen molar-refractivity contribution < 1.29 is 13.2 Å². The number of anilines is 2. The van der Waals surface area contributed by atoms with E-state index in [9.17, 15) is 13.2 Å². The summed E-state index contributed by atoms with van der Waals surface area (Å²) >= 11 is 0. The molecule has 0 spiro atoms. The van der Waals surface area contributed by atoms with Gasteiger partial charge in [-0.1, -0.05) is 6.07 Å². The van der Waals surface area contributed by atoms with Gasteiger partial charge < -0.3 is 11.1 Å². The summed E-state index contributed by atoms with van der Waals surface area (Å²) in [6.07, 6.45) is 0.482.